The van der Waals surface area contributed by atoms with Crippen LogP contribution in [0.5, 0.6) is 0 Å². The van der Waals surface area contributed by atoms with Gasteiger partial charge in [-0.15, -0.1) is 9.24 Å². The molecule has 4 heterocycles. The van der Waals surface area contributed by atoms with Crippen molar-refractivity contribution in [3.63, 3.8) is 0 Å². The van der Waals surface area contributed by atoms with Crippen LogP contribution in [0.1, 0.15) is 85.6 Å². The van der Waals surface area contributed by atoms with Crippen molar-refractivity contribution >= 4 is 98.2 Å². The molecule has 0 aliphatic carbocycles. The fourth-order valence-corrected chi connectivity index (χ4v) is 11.7. The summed E-state index contributed by atoms with van der Waals surface area (Å²) in [5.41, 5.74) is 5.06. The molecule has 15 nitrogen and oxygen atoms in total. The van der Waals surface area contributed by atoms with Gasteiger partial charge in [0.15, 0.2) is 12.1 Å². The molecule has 18 heteroatoms. The second-order valence-corrected chi connectivity index (χ2v) is 20.6. The summed E-state index contributed by atoms with van der Waals surface area (Å²) < 4.78 is 17.7. The third kappa shape index (κ3) is 11.2. The Morgan fingerprint density at radius 1 is 1.01 bits per heavy atom. The molecule has 0 saturated carbocycles. The number of allylic oxidation sites excluding steroid dienone is 1. The Morgan fingerprint density at radius 2 is 1.70 bits per heavy atom. The molecule has 0 bridgehead atoms. The second kappa shape index (κ2) is 22.4. The van der Waals surface area contributed by atoms with Gasteiger partial charge in [0.05, 0.1) is 47.0 Å². The van der Waals surface area contributed by atoms with Crippen LogP contribution in [-0.2, 0) is 14.4 Å². The van der Waals surface area contributed by atoms with Gasteiger partial charge < -0.3 is 39.9 Å². The van der Waals surface area contributed by atoms with Gasteiger partial charge in [-0.05, 0) is 125 Å². The molecule has 69 heavy (non-hydrogen) atoms. The lowest BCUT2D eigenvalue weighted by Crippen LogP contribution is -2.55. The van der Waals surface area contributed by atoms with Gasteiger partial charge in [0.1, 0.15) is 18.7 Å². The van der Waals surface area contributed by atoms with Crippen molar-refractivity contribution in [2.75, 3.05) is 87.1 Å². The van der Waals surface area contributed by atoms with Gasteiger partial charge in [0.2, 0.25) is 11.8 Å². The van der Waals surface area contributed by atoms with E-state index in [2.05, 4.69) is 83.4 Å². The van der Waals surface area contributed by atoms with E-state index in [1.54, 1.807) is 24.1 Å². The van der Waals surface area contributed by atoms with Crippen LogP contribution in [0, 0.1) is 11.3 Å². The van der Waals surface area contributed by atoms with E-state index in [4.69, 9.17) is 0 Å². The molecule has 0 aromatic heterocycles. The zero-order valence-electron chi connectivity index (χ0n) is 40.6. The number of hydrogen-bond donors (Lipinski definition) is 2. The molecule has 3 aromatic rings. The molecule has 3 aromatic carbocycles. The largest absolute Gasteiger partial charge is 0.371 e. The zero-order chi connectivity index (χ0) is 49.6. The van der Waals surface area contributed by atoms with E-state index in [9.17, 15) is 24.0 Å². The normalized spacial score (nSPS) is 19.0. The average molecular weight is 981 g/mol. The third-order valence-electron chi connectivity index (χ3n) is 14.4. The maximum absolute atomic E-state index is 15.5. The number of piperidine rings is 2. The number of likely N-dealkylation sites (N-methyl/N-ethyl adjacent to an activating group) is 1. The highest BCUT2D eigenvalue weighted by molar-refractivity contribution is 7.97. The average Bonchev–Trinajstić information content (AvgIpc) is 3.60. The second-order valence-electron chi connectivity index (χ2n) is 18.8. The fraction of sp³-hybridized carbons (Fsp3) is 0.471. The van der Waals surface area contributed by atoms with Crippen LogP contribution in [0.4, 0.5) is 27.1 Å². The Kier molecular flexibility index (Phi) is 16.6. The van der Waals surface area contributed by atoms with Crippen LogP contribution in [0.2, 0.25) is 0 Å². The quantitative estimate of drug-likeness (QED) is 0.0622. The van der Waals surface area contributed by atoms with Gasteiger partial charge in [-0.3, -0.25) is 29.2 Å². The minimum Gasteiger partial charge on any atom is -0.371 e. The SMILES string of the molecule is C=N/C(=C(F)\C=N/CNc1ccc(SN2CC(C(=O)N3CCC4(CC3)CCN(c3cccc(C=O)c3C(=O)N(C)C(C=O)CCC(=O)NC)CC4)C2)cc1)c1cc(P)c2c(c1)N(C(C)C)C(C)N2C. The van der Waals surface area contributed by atoms with Gasteiger partial charge in [0.25, 0.3) is 5.91 Å². The van der Waals surface area contributed by atoms with Gasteiger partial charge in [-0.1, -0.05) is 12.1 Å². The van der Waals surface area contributed by atoms with Crippen molar-refractivity contribution in [3.8, 4) is 0 Å². The predicted octanol–water partition coefficient (Wildman–Crippen LogP) is 6.50. The van der Waals surface area contributed by atoms with Crippen LogP contribution in [0.3, 0.4) is 0 Å². The lowest BCUT2D eigenvalue weighted by Gasteiger charge is -2.49. The highest BCUT2D eigenvalue weighted by Gasteiger charge is 2.43. The van der Waals surface area contributed by atoms with Crippen molar-refractivity contribution < 1.29 is 28.4 Å². The van der Waals surface area contributed by atoms with E-state index in [0.29, 0.717) is 50.0 Å². The van der Waals surface area contributed by atoms with Crippen molar-refractivity contribution in [3.05, 3.63) is 77.1 Å². The first-order valence-corrected chi connectivity index (χ1v) is 25.1. The van der Waals surface area contributed by atoms with Gasteiger partial charge in [-0.2, -0.15) is 0 Å². The number of benzene rings is 3. The number of nitrogens with one attached hydrogen (secondary N) is 2. The van der Waals surface area contributed by atoms with E-state index >= 15 is 4.39 Å². The number of carbonyl (C=O) groups is 5. The molecular formula is C51H66FN10O5PS. The van der Waals surface area contributed by atoms with Gasteiger partial charge >= 0.3 is 0 Å². The molecule has 3 saturated heterocycles. The van der Waals surface area contributed by atoms with Crippen molar-refractivity contribution in [2.45, 2.75) is 82.4 Å². The third-order valence-corrected chi connectivity index (χ3v) is 15.9. The number of aldehydes is 2. The lowest BCUT2D eigenvalue weighted by atomic mass is 9.71. The summed E-state index contributed by atoms with van der Waals surface area (Å²) in [7, 11) is 7.90. The molecule has 3 amide bonds. The number of anilines is 4. The molecule has 368 valence electrons. The van der Waals surface area contributed by atoms with Gasteiger partial charge in [-0.25, -0.2) is 8.70 Å². The highest BCUT2D eigenvalue weighted by atomic mass is 32.2. The number of nitrogens with zero attached hydrogens (tertiary/aromatic N) is 8. The molecule has 0 radical (unpaired) electrons. The number of aliphatic imine (C=N–C) groups is 2. The van der Waals surface area contributed by atoms with E-state index in [1.807, 2.05) is 47.4 Å². The Balaban J connectivity index is 0.848. The molecule has 7 rings (SSSR count). The molecular weight excluding hydrogens is 915 g/mol. The van der Waals surface area contributed by atoms with Crippen LogP contribution in [0.15, 0.2) is 75.3 Å². The maximum atomic E-state index is 15.5. The smallest absolute Gasteiger partial charge is 0.257 e. The summed E-state index contributed by atoms with van der Waals surface area (Å²) in [5.74, 6) is -1.04. The van der Waals surface area contributed by atoms with Crippen LogP contribution in [0.25, 0.3) is 5.70 Å². The first-order chi connectivity index (χ1) is 33.1. The number of rotatable bonds is 18. The zero-order valence-corrected chi connectivity index (χ0v) is 42.6. The lowest BCUT2D eigenvalue weighted by molar-refractivity contribution is -0.141. The van der Waals surface area contributed by atoms with Gasteiger partial charge in [0, 0.05) is 94.6 Å². The molecule has 2 N–H and O–H groups in total. The summed E-state index contributed by atoms with van der Waals surface area (Å²) >= 11 is 1.63. The predicted molar refractivity (Wildman–Crippen MR) is 280 cm³/mol. The van der Waals surface area contributed by atoms with E-state index < -0.39 is 17.8 Å². The standard InChI is InChI=1S/C51H66FN10O5PS/c1-33(2)62-34(3)57(6)48-43(62)25-36(26-44(48)68)47(54-5)41(52)27-55-32-56-38-11-14-40(15-12-38)69-61-28-37(29-61)49(66)60-23-19-51(20-24-60)17-21-59(22-18-51)42-10-8-9-35(30-63)46(42)50(67)58(7)39(31-64)13-16-45(65)53-4/h8-12,14-15,25-27,30-31,33-34,37,39,56H,5,13,16-24,28-29,32,68H2,1-4,6-7H3,(H,53,65)/b47-41+,55-27-. The minimum absolute atomic E-state index is 0.0361. The Bertz CT molecular complexity index is 2460. The van der Waals surface area contributed by atoms with E-state index in [0.717, 1.165) is 66.0 Å². The summed E-state index contributed by atoms with van der Waals surface area (Å²) in [5, 5.41) is 6.72. The highest BCUT2D eigenvalue weighted by Crippen LogP contribution is 2.44. The summed E-state index contributed by atoms with van der Waals surface area (Å²) in [4.78, 5) is 83.0. The van der Waals surface area contributed by atoms with E-state index in [1.165, 1.54) is 25.2 Å². The molecule has 4 aliphatic heterocycles. The van der Waals surface area contributed by atoms with Crippen molar-refractivity contribution in [2.24, 2.45) is 21.3 Å². The van der Waals surface area contributed by atoms with Crippen LogP contribution >= 0.6 is 21.2 Å². The molecule has 3 fully saturated rings. The number of fused-ring (bicyclic) bond motifs is 1. The number of carbonyl (C=O) groups excluding carboxylic acids is 5. The Labute approximate surface area is 412 Å². The number of halogens is 1. The number of amides is 3. The summed E-state index contributed by atoms with van der Waals surface area (Å²) in [6, 6.07) is 16.5. The van der Waals surface area contributed by atoms with Crippen LogP contribution in [-0.4, -0.2) is 143 Å². The minimum atomic E-state index is -0.815. The van der Waals surface area contributed by atoms with Crippen molar-refractivity contribution in [1.29, 1.82) is 0 Å². The van der Waals surface area contributed by atoms with E-state index in [-0.39, 0.29) is 71.7 Å². The number of hydrogen-bond acceptors (Lipinski definition) is 13. The van der Waals surface area contributed by atoms with Crippen LogP contribution < -0.4 is 30.6 Å². The first kappa shape index (κ1) is 51.2. The number of likely N-dealkylation sites (tertiary alicyclic amines) is 1. The molecule has 4 aliphatic rings. The monoisotopic (exact) mass is 980 g/mol. The topological polar surface area (TPSA) is 154 Å². The maximum Gasteiger partial charge on any atom is 0.257 e. The molecule has 3 atom stereocenters. The first-order valence-electron chi connectivity index (χ1n) is 23.8. The Hall–Kier alpha value is -5.64. The fourth-order valence-electron chi connectivity index (χ4n) is 10.1. The van der Waals surface area contributed by atoms with Crippen molar-refractivity contribution in [1.82, 2.24) is 19.4 Å². The molecule has 1 spiro atoms. The Morgan fingerprint density at radius 3 is 2.32 bits per heavy atom. The molecule has 3 unspecified atom stereocenters. The summed E-state index contributed by atoms with van der Waals surface area (Å²) in [6.07, 6.45) is 6.60. The summed E-state index contributed by atoms with van der Waals surface area (Å²) in [6.45, 7) is 14.5.